The highest BCUT2D eigenvalue weighted by molar-refractivity contribution is 5.48. The van der Waals surface area contributed by atoms with Gasteiger partial charge in [-0.15, -0.1) is 0 Å². The molecule has 0 radical (unpaired) electrons. The molecule has 2 aliphatic rings. The van der Waals surface area contributed by atoms with Crippen molar-refractivity contribution in [3.8, 4) is 11.5 Å². The molecule has 0 saturated carbocycles. The predicted molar refractivity (Wildman–Crippen MR) is 98.9 cm³/mol. The molecule has 0 bridgehead atoms. The average molecular weight is 338 g/mol. The summed E-state index contributed by atoms with van der Waals surface area (Å²) in [7, 11) is 0. The molecule has 0 amide bonds. The Kier molecular flexibility index (Phi) is 4.90. The molecule has 2 heterocycles. The number of likely N-dealkylation sites (tertiary alicyclic amines) is 1. The van der Waals surface area contributed by atoms with Gasteiger partial charge < -0.3 is 14.8 Å². The van der Waals surface area contributed by atoms with Gasteiger partial charge in [0, 0.05) is 24.7 Å². The topological polar surface area (TPSA) is 33.7 Å². The van der Waals surface area contributed by atoms with Crippen molar-refractivity contribution in [3.05, 3.63) is 59.2 Å². The molecule has 2 aromatic carbocycles. The van der Waals surface area contributed by atoms with Crippen LogP contribution in [0.2, 0.25) is 0 Å². The van der Waals surface area contributed by atoms with E-state index in [9.17, 15) is 0 Å². The summed E-state index contributed by atoms with van der Waals surface area (Å²) in [5.41, 5.74) is 4.03. The molecule has 4 nitrogen and oxygen atoms in total. The van der Waals surface area contributed by atoms with Gasteiger partial charge in [0.25, 0.3) is 0 Å². The minimum atomic E-state index is 0.337. The minimum Gasteiger partial charge on any atom is -0.454 e. The van der Waals surface area contributed by atoms with Crippen molar-refractivity contribution < 1.29 is 9.47 Å². The van der Waals surface area contributed by atoms with Crippen LogP contribution in [0.1, 0.15) is 29.5 Å². The second-order valence-corrected chi connectivity index (χ2v) is 7.01. The Balaban J connectivity index is 1.27. The zero-order chi connectivity index (χ0) is 17.1. The number of fused-ring (bicyclic) bond motifs is 1. The largest absolute Gasteiger partial charge is 0.454 e. The summed E-state index contributed by atoms with van der Waals surface area (Å²) in [6.45, 7) is 6.75. The minimum absolute atomic E-state index is 0.337. The average Bonchev–Trinajstić information content (AvgIpc) is 3.12. The maximum absolute atomic E-state index is 5.59. The van der Waals surface area contributed by atoms with E-state index in [1.807, 2.05) is 12.1 Å². The van der Waals surface area contributed by atoms with E-state index >= 15 is 0 Å². The van der Waals surface area contributed by atoms with Crippen LogP contribution in [0.5, 0.6) is 11.5 Å². The van der Waals surface area contributed by atoms with Crippen molar-refractivity contribution in [2.24, 2.45) is 0 Å². The molecule has 1 N–H and O–H groups in total. The van der Waals surface area contributed by atoms with Gasteiger partial charge in [0.2, 0.25) is 6.79 Å². The van der Waals surface area contributed by atoms with Crippen LogP contribution < -0.4 is 14.8 Å². The molecule has 1 saturated heterocycles. The normalized spacial score (nSPS) is 17.8. The first kappa shape index (κ1) is 16.4. The van der Waals surface area contributed by atoms with E-state index in [0.29, 0.717) is 12.8 Å². The van der Waals surface area contributed by atoms with Crippen LogP contribution in [-0.4, -0.2) is 30.8 Å². The zero-order valence-corrected chi connectivity index (χ0v) is 14.8. The molecule has 2 aliphatic heterocycles. The lowest BCUT2D eigenvalue weighted by molar-refractivity contribution is 0.172. The quantitative estimate of drug-likeness (QED) is 0.905. The maximum Gasteiger partial charge on any atom is 0.231 e. The lowest BCUT2D eigenvalue weighted by atomic mass is 10.0. The number of para-hydroxylation sites is 1. The van der Waals surface area contributed by atoms with Gasteiger partial charge in [0.15, 0.2) is 11.5 Å². The fourth-order valence-corrected chi connectivity index (χ4v) is 3.71. The standard InChI is InChI=1S/C21H26N2O2/c1-16-5-2-3-6-18(16)14-23-11-9-19(10-12-23)22-13-17-7-4-8-20-21(17)25-15-24-20/h2-8,19,22H,9-15H2,1H3. The van der Waals surface area contributed by atoms with Crippen molar-refractivity contribution >= 4 is 0 Å². The van der Waals surface area contributed by atoms with Gasteiger partial charge in [-0.1, -0.05) is 36.4 Å². The van der Waals surface area contributed by atoms with Crippen LogP contribution in [0.25, 0.3) is 0 Å². The number of nitrogens with one attached hydrogen (secondary N) is 1. The maximum atomic E-state index is 5.59. The van der Waals surface area contributed by atoms with Crippen LogP contribution in [0.3, 0.4) is 0 Å². The van der Waals surface area contributed by atoms with E-state index in [1.54, 1.807) is 0 Å². The van der Waals surface area contributed by atoms with E-state index in [-0.39, 0.29) is 0 Å². The fraction of sp³-hybridized carbons (Fsp3) is 0.429. The Bertz CT molecular complexity index is 724. The predicted octanol–water partition coefficient (Wildman–Crippen LogP) is 3.48. The van der Waals surface area contributed by atoms with Crippen molar-refractivity contribution in [2.45, 2.75) is 38.9 Å². The Morgan fingerprint density at radius 2 is 1.80 bits per heavy atom. The summed E-state index contributed by atoms with van der Waals surface area (Å²) in [5.74, 6) is 1.78. The number of rotatable bonds is 5. The Hall–Kier alpha value is -2.04. The molecule has 1 fully saturated rings. The third-order valence-corrected chi connectivity index (χ3v) is 5.30. The Morgan fingerprint density at radius 3 is 2.64 bits per heavy atom. The summed E-state index contributed by atoms with van der Waals surface area (Å²) >= 11 is 0. The molecule has 2 aromatic rings. The first-order chi connectivity index (χ1) is 12.3. The molecule has 0 aromatic heterocycles. The molecule has 4 rings (SSSR count). The highest BCUT2D eigenvalue weighted by atomic mass is 16.7. The van der Waals surface area contributed by atoms with Crippen molar-refractivity contribution in [1.82, 2.24) is 10.2 Å². The molecule has 4 heteroatoms. The third-order valence-electron chi connectivity index (χ3n) is 5.30. The molecule has 25 heavy (non-hydrogen) atoms. The van der Waals surface area contributed by atoms with Crippen LogP contribution in [0, 0.1) is 6.92 Å². The first-order valence-electron chi connectivity index (χ1n) is 9.17. The van der Waals surface area contributed by atoms with Crippen molar-refractivity contribution in [2.75, 3.05) is 19.9 Å². The number of hydrogen-bond acceptors (Lipinski definition) is 4. The second kappa shape index (κ2) is 7.46. The highest BCUT2D eigenvalue weighted by Crippen LogP contribution is 2.35. The van der Waals surface area contributed by atoms with Gasteiger partial charge in [-0.2, -0.15) is 0 Å². The molecular formula is C21H26N2O2. The first-order valence-corrected chi connectivity index (χ1v) is 9.17. The van der Waals surface area contributed by atoms with Crippen molar-refractivity contribution in [1.29, 1.82) is 0 Å². The van der Waals surface area contributed by atoms with Crippen LogP contribution in [0.15, 0.2) is 42.5 Å². The highest BCUT2D eigenvalue weighted by Gasteiger charge is 2.21. The second-order valence-electron chi connectivity index (χ2n) is 7.01. The summed E-state index contributed by atoms with van der Waals surface area (Å²) in [6.07, 6.45) is 2.39. The lowest BCUT2D eigenvalue weighted by Crippen LogP contribution is -2.41. The van der Waals surface area contributed by atoms with E-state index in [0.717, 1.165) is 37.7 Å². The lowest BCUT2D eigenvalue weighted by Gasteiger charge is -2.33. The van der Waals surface area contributed by atoms with Gasteiger partial charge in [-0.05, 0) is 50.0 Å². The summed E-state index contributed by atoms with van der Waals surface area (Å²) < 4.78 is 11.0. The number of aryl methyl sites for hydroxylation is 1. The molecule has 0 aliphatic carbocycles. The number of piperidine rings is 1. The van der Waals surface area contributed by atoms with E-state index in [4.69, 9.17) is 9.47 Å². The number of nitrogens with zero attached hydrogens (tertiary/aromatic N) is 1. The molecule has 0 spiro atoms. The van der Waals surface area contributed by atoms with Gasteiger partial charge in [-0.3, -0.25) is 4.90 Å². The molecule has 0 atom stereocenters. The molecule has 0 unspecified atom stereocenters. The summed E-state index contributed by atoms with van der Waals surface area (Å²) in [5, 5.41) is 3.70. The zero-order valence-electron chi connectivity index (χ0n) is 14.8. The number of ether oxygens (including phenoxy) is 2. The van der Waals surface area contributed by atoms with Gasteiger partial charge in [0.05, 0.1) is 0 Å². The fourth-order valence-electron chi connectivity index (χ4n) is 3.71. The molecular weight excluding hydrogens is 312 g/mol. The Morgan fingerprint density at radius 1 is 1.00 bits per heavy atom. The van der Waals surface area contributed by atoms with E-state index < -0.39 is 0 Å². The van der Waals surface area contributed by atoms with Crippen LogP contribution >= 0.6 is 0 Å². The summed E-state index contributed by atoms with van der Waals surface area (Å²) in [4.78, 5) is 2.57. The third kappa shape index (κ3) is 3.80. The molecule has 132 valence electrons. The van der Waals surface area contributed by atoms with Gasteiger partial charge in [-0.25, -0.2) is 0 Å². The van der Waals surface area contributed by atoms with Crippen LogP contribution in [-0.2, 0) is 13.1 Å². The van der Waals surface area contributed by atoms with Crippen molar-refractivity contribution in [3.63, 3.8) is 0 Å². The monoisotopic (exact) mass is 338 g/mol. The van der Waals surface area contributed by atoms with E-state index in [1.165, 1.54) is 29.5 Å². The van der Waals surface area contributed by atoms with Gasteiger partial charge in [0.1, 0.15) is 0 Å². The van der Waals surface area contributed by atoms with E-state index in [2.05, 4.69) is 47.5 Å². The summed E-state index contributed by atoms with van der Waals surface area (Å²) in [6, 6.07) is 15.4. The number of hydrogen-bond donors (Lipinski definition) is 1. The number of benzene rings is 2. The Labute approximate surface area is 149 Å². The SMILES string of the molecule is Cc1ccccc1CN1CCC(NCc2cccc3c2OCO3)CC1. The smallest absolute Gasteiger partial charge is 0.231 e. The van der Waals surface area contributed by atoms with Gasteiger partial charge >= 0.3 is 0 Å². The van der Waals surface area contributed by atoms with Crippen LogP contribution in [0.4, 0.5) is 0 Å².